The minimum absolute atomic E-state index is 0.221. The van der Waals surface area contributed by atoms with Crippen molar-refractivity contribution in [3.63, 3.8) is 0 Å². The highest BCUT2D eigenvalue weighted by Gasteiger charge is 2.38. The third kappa shape index (κ3) is 4.50. The van der Waals surface area contributed by atoms with Crippen LogP contribution >= 0.6 is 0 Å². The number of nitrogens with two attached hydrogens (primary N) is 1. The Kier molecular flexibility index (Phi) is 5.28. The van der Waals surface area contributed by atoms with E-state index in [1.54, 1.807) is 12.1 Å². The fourth-order valence-electron chi connectivity index (χ4n) is 3.06. The minimum Gasteiger partial charge on any atom is -0.325 e. The van der Waals surface area contributed by atoms with Gasteiger partial charge in [0.25, 0.3) is 0 Å². The third-order valence-electron chi connectivity index (χ3n) is 4.62. The van der Waals surface area contributed by atoms with Crippen molar-refractivity contribution in [1.29, 1.82) is 0 Å². The number of amides is 1. The molecule has 0 aliphatic heterocycles. The molecule has 24 heavy (non-hydrogen) atoms. The second kappa shape index (κ2) is 6.75. The molecule has 1 aliphatic carbocycles. The molecule has 0 radical (unpaired) electrons. The number of hydrogen-bond donors (Lipinski definition) is 2. The summed E-state index contributed by atoms with van der Waals surface area (Å²) in [7, 11) is 0. The second-order valence-corrected chi connectivity index (χ2v) is 7.65. The molecule has 3 nitrogen and oxygen atoms in total. The highest BCUT2D eigenvalue weighted by Crippen LogP contribution is 2.37. The number of anilines is 1. The van der Waals surface area contributed by atoms with Gasteiger partial charge in [-0.15, -0.1) is 0 Å². The van der Waals surface area contributed by atoms with Gasteiger partial charge in [0.1, 0.15) is 5.82 Å². The van der Waals surface area contributed by atoms with Gasteiger partial charge in [-0.05, 0) is 41.9 Å². The van der Waals surface area contributed by atoms with Gasteiger partial charge in [0.2, 0.25) is 11.8 Å². The molecule has 2 rings (SSSR count). The molecule has 0 bridgehead atoms. The Labute approximate surface area is 140 Å². The summed E-state index contributed by atoms with van der Waals surface area (Å²) >= 11 is 0. The Bertz CT molecular complexity index is 601. The van der Waals surface area contributed by atoms with Gasteiger partial charge in [-0.3, -0.25) is 4.79 Å². The lowest BCUT2D eigenvalue weighted by molar-refractivity contribution is -0.120. The van der Waals surface area contributed by atoms with E-state index in [1.807, 2.05) is 20.8 Å². The summed E-state index contributed by atoms with van der Waals surface area (Å²) in [4.78, 5) is 12.2. The van der Waals surface area contributed by atoms with Crippen LogP contribution in [0.1, 0.15) is 52.0 Å². The van der Waals surface area contributed by atoms with Crippen LogP contribution in [0.15, 0.2) is 18.2 Å². The van der Waals surface area contributed by atoms with Crippen LogP contribution in [0.5, 0.6) is 0 Å². The number of alkyl halides is 2. The van der Waals surface area contributed by atoms with Crippen LogP contribution in [0.4, 0.5) is 18.9 Å². The van der Waals surface area contributed by atoms with Gasteiger partial charge in [-0.1, -0.05) is 26.8 Å². The predicted molar refractivity (Wildman–Crippen MR) is 88.6 cm³/mol. The molecule has 1 atom stereocenters. The first-order valence-electron chi connectivity index (χ1n) is 8.24. The van der Waals surface area contributed by atoms with Gasteiger partial charge in [-0.2, -0.15) is 0 Å². The average Bonchev–Trinajstić information content (AvgIpc) is 2.45. The summed E-state index contributed by atoms with van der Waals surface area (Å²) in [6, 6.07) is 3.66. The SMILES string of the molecule is CC(C)(C)c1ccc(NC(=O)[C@H](N)C2CCC(F)(F)CC2)cc1F. The lowest BCUT2D eigenvalue weighted by Gasteiger charge is -2.31. The molecule has 3 N–H and O–H groups in total. The van der Waals surface area contributed by atoms with E-state index >= 15 is 0 Å². The maximum absolute atomic E-state index is 14.2. The van der Waals surface area contributed by atoms with Crippen molar-refractivity contribution in [1.82, 2.24) is 0 Å². The summed E-state index contributed by atoms with van der Waals surface area (Å²) in [5.74, 6) is -3.79. The molecule has 0 unspecified atom stereocenters. The summed E-state index contributed by atoms with van der Waals surface area (Å²) in [5.41, 5.74) is 6.45. The number of rotatable bonds is 3. The molecule has 1 aromatic carbocycles. The molecule has 134 valence electrons. The zero-order valence-corrected chi connectivity index (χ0v) is 14.3. The molecule has 6 heteroatoms. The Balaban J connectivity index is 2.01. The average molecular weight is 342 g/mol. The van der Waals surface area contributed by atoms with E-state index in [2.05, 4.69) is 5.32 Å². The van der Waals surface area contributed by atoms with E-state index < -0.39 is 23.7 Å². The summed E-state index contributed by atoms with van der Waals surface area (Å²) in [6.07, 6.45) is -0.0427. The minimum atomic E-state index is -2.65. The summed E-state index contributed by atoms with van der Waals surface area (Å²) < 4.78 is 40.5. The monoisotopic (exact) mass is 342 g/mol. The van der Waals surface area contributed by atoms with Crippen LogP contribution in [0, 0.1) is 11.7 Å². The number of hydrogen-bond acceptors (Lipinski definition) is 2. The Hall–Kier alpha value is -1.56. The molecular formula is C18H25F3N2O. The molecule has 0 spiro atoms. The standard InChI is InChI=1S/C18H25F3N2O/c1-17(2,3)13-5-4-12(10-14(13)19)23-16(24)15(22)11-6-8-18(20,21)9-7-11/h4-5,10-11,15H,6-9,22H2,1-3H3,(H,23,24)/t15-/m1/s1. The highest BCUT2D eigenvalue weighted by molar-refractivity contribution is 5.94. The van der Waals surface area contributed by atoms with E-state index in [4.69, 9.17) is 5.73 Å². The molecule has 1 aliphatic rings. The molecular weight excluding hydrogens is 317 g/mol. The molecule has 1 aromatic rings. The van der Waals surface area contributed by atoms with E-state index in [9.17, 15) is 18.0 Å². The van der Waals surface area contributed by atoms with Gasteiger partial charge in [0.15, 0.2) is 0 Å². The van der Waals surface area contributed by atoms with Crippen LogP contribution in [0.2, 0.25) is 0 Å². The number of nitrogens with one attached hydrogen (secondary N) is 1. The Morgan fingerprint density at radius 1 is 1.29 bits per heavy atom. The largest absolute Gasteiger partial charge is 0.325 e. The van der Waals surface area contributed by atoms with Crippen molar-refractivity contribution >= 4 is 11.6 Å². The smallest absolute Gasteiger partial charge is 0.248 e. The number of halogens is 3. The molecule has 1 fully saturated rings. The fourth-order valence-corrected chi connectivity index (χ4v) is 3.06. The van der Waals surface area contributed by atoms with E-state index in [1.165, 1.54) is 6.07 Å². The zero-order chi connectivity index (χ0) is 18.1. The second-order valence-electron chi connectivity index (χ2n) is 7.65. The Morgan fingerprint density at radius 2 is 1.88 bits per heavy atom. The Morgan fingerprint density at radius 3 is 2.38 bits per heavy atom. The molecule has 0 heterocycles. The summed E-state index contributed by atoms with van der Waals surface area (Å²) in [6.45, 7) is 5.70. The summed E-state index contributed by atoms with van der Waals surface area (Å²) in [5, 5.41) is 2.59. The number of carbonyl (C=O) groups excluding carboxylic acids is 1. The van der Waals surface area contributed by atoms with Gasteiger partial charge in [-0.25, -0.2) is 13.2 Å². The third-order valence-corrected chi connectivity index (χ3v) is 4.62. The van der Waals surface area contributed by atoms with Gasteiger partial charge in [0, 0.05) is 18.5 Å². The van der Waals surface area contributed by atoms with Gasteiger partial charge < -0.3 is 11.1 Å². The van der Waals surface area contributed by atoms with E-state index in [-0.39, 0.29) is 37.0 Å². The lowest BCUT2D eigenvalue weighted by atomic mass is 9.82. The quantitative estimate of drug-likeness (QED) is 0.864. The fraction of sp³-hybridized carbons (Fsp3) is 0.611. The van der Waals surface area contributed by atoms with Crippen LogP contribution in [-0.4, -0.2) is 17.9 Å². The molecule has 0 saturated heterocycles. The number of carbonyl (C=O) groups is 1. The first-order valence-corrected chi connectivity index (χ1v) is 8.24. The first kappa shape index (κ1) is 18.8. The predicted octanol–water partition coefficient (Wildman–Crippen LogP) is 4.21. The van der Waals surface area contributed by atoms with Crippen molar-refractivity contribution in [3.8, 4) is 0 Å². The van der Waals surface area contributed by atoms with Crippen molar-refractivity contribution in [2.24, 2.45) is 11.7 Å². The highest BCUT2D eigenvalue weighted by atomic mass is 19.3. The van der Waals surface area contributed by atoms with Crippen LogP contribution in [0.25, 0.3) is 0 Å². The first-order chi connectivity index (χ1) is 11.0. The van der Waals surface area contributed by atoms with Crippen molar-refractivity contribution < 1.29 is 18.0 Å². The van der Waals surface area contributed by atoms with Crippen molar-refractivity contribution in [2.45, 2.75) is 63.8 Å². The van der Waals surface area contributed by atoms with Crippen LogP contribution < -0.4 is 11.1 Å². The van der Waals surface area contributed by atoms with Crippen LogP contribution in [0.3, 0.4) is 0 Å². The normalized spacial score (nSPS) is 19.8. The number of benzene rings is 1. The van der Waals surface area contributed by atoms with E-state index in [0.717, 1.165) is 0 Å². The maximum atomic E-state index is 14.2. The molecule has 1 saturated carbocycles. The zero-order valence-electron chi connectivity index (χ0n) is 14.3. The van der Waals surface area contributed by atoms with E-state index in [0.29, 0.717) is 11.3 Å². The van der Waals surface area contributed by atoms with Crippen LogP contribution in [-0.2, 0) is 10.2 Å². The van der Waals surface area contributed by atoms with Crippen molar-refractivity contribution in [2.75, 3.05) is 5.32 Å². The lowest BCUT2D eigenvalue weighted by Crippen LogP contribution is -2.44. The molecule has 1 amide bonds. The maximum Gasteiger partial charge on any atom is 0.248 e. The van der Waals surface area contributed by atoms with Crippen molar-refractivity contribution in [3.05, 3.63) is 29.6 Å². The molecule has 0 aromatic heterocycles. The topological polar surface area (TPSA) is 55.1 Å². The van der Waals surface area contributed by atoms with Gasteiger partial charge in [0.05, 0.1) is 6.04 Å². The van der Waals surface area contributed by atoms with Gasteiger partial charge >= 0.3 is 0 Å².